The molecule has 5 aliphatic heterocycles. The van der Waals surface area contributed by atoms with E-state index < -0.39 is 63.8 Å². The van der Waals surface area contributed by atoms with Gasteiger partial charge in [0.2, 0.25) is 0 Å². The first-order chi connectivity index (χ1) is 27.1. The van der Waals surface area contributed by atoms with E-state index in [1.165, 1.54) is 19.3 Å². The van der Waals surface area contributed by atoms with Gasteiger partial charge < -0.3 is 39.1 Å². The van der Waals surface area contributed by atoms with E-state index in [9.17, 15) is 14.7 Å². The summed E-state index contributed by atoms with van der Waals surface area (Å²) in [5.74, 6) is -0.787. The fourth-order valence-electron chi connectivity index (χ4n) is 15.3. The van der Waals surface area contributed by atoms with Gasteiger partial charge in [0.25, 0.3) is 0 Å². The Morgan fingerprint density at radius 3 is 2.38 bits per heavy atom. The molecule has 4 saturated carbocycles. The molecule has 0 aromatic carbocycles. The number of hydrogen-bond acceptors (Lipinski definition) is 11. The number of aliphatic hydroxyl groups excluding tert-OH is 1. The molecule has 10 rings (SSSR count). The maximum Gasteiger partial charge on any atom is 0.339 e. The van der Waals surface area contributed by atoms with Crippen LogP contribution in [0, 0.1) is 39.9 Å². The van der Waals surface area contributed by atoms with Crippen LogP contribution < -0.4 is 10.6 Å². The van der Waals surface area contributed by atoms with Crippen molar-refractivity contribution in [1.82, 2.24) is 10.6 Å². The quantitative estimate of drug-likeness (QED) is 0.141. The molecule has 5 saturated heterocycles. The van der Waals surface area contributed by atoms with Crippen LogP contribution in [0.15, 0.2) is 16.7 Å². The van der Waals surface area contributed by atoms with Crippen LogP contribution in [0.5, 0.6) is 0 Å². The van der Waals surface area contributed by atoms with Gasteiger partial charge in [-0.15, -0.1) is 0 Å². The van der Waals surface area contributed by atoms with Gasteiger partial charge in [0, 0.05) is 47.5 Å². The number of rotatable bonds is 10. The fourth-order valence-corrected chi connectivity index (χ4v) is 15.3. The first-order valence-electron chi connectivity index (χ1n) is 22.6. The molecule has 2 spiro atoms. The van der Waals surface area contributed by atoms with E-state index >= 15 is 4.79 Å². The number of aliphatic hydroxyl groups is 1. The molecule has 9 aliphatic rings. The van der Waals surface area contributed by atoms with Crippen LogP contribution in [-0.4, -0.2) is 78.2 Å². The van der Waals surface area contributed by atoms with E-state index in [2.05, 4.69) is 24.5 Å². The van der Waals surface area contributed by atoms with Crippen LogP contribution in [0.2, 0.25) is 0 Å². The second-order valence-corrected chi connectivity index (χ2v) is 20.0. The zero-order valence-electron chi connectivity index (χ0n) is 33.6. The molecular weight excluding hydrogens is 713 g/mol. The average molecular weight is 777 g/mol. The number of esters is 2. The van der Waals surface area contributed by atoms with Crippen molar-refractivity contribution in [2.45, 2.75) is 178 Å². The molecule has 11 heteroatoms. The van der Waals surface area contributed by atoms with Gasteiger partial charge in [-0.1, -0.05) is 64.7 Å². The lowest BCUT2D eigenvalue weighted by Crippen LogP contribution is -2.79. The molecule has 0 amide bonds. The summed E-state index contributed by atoms with van der Waals surface area (Å²) in [4.78, 5) is 43.3. The first-order valence-corrected chi connectivity index (χ1v) is 22.6. The summed E-state index contributed by atoms with van der Waals surface area (Å²) in [7, 11) is 0. The first kappa shape index (κ1) is 37.9. The number of carbonyl (C=O) groups is 3. The predicted octanol–water partition coefficient (Wildman–Crippen LogP) is 6.24. The van der Waals surface area contributed by atoms with Crippen molar-refractivity contribution in [3.05, 3.63) is 23.7 Å². The lowest BCUT2D eigenvalue weighted by Gasteiger charge is -2.70. The van der Waals surface area contributed by atoms with Crippen LogP contribution in [0.3, 0.4) is 0 Å². The Morgan fingerprint density at radius 2 is 1.62 bits per heavy atom. The zero-order valence-corrected chi connectivity index (χ0v) is 33.6. The Morgan fingerprint density at radius 1 is 0.875 bits per heavy atom. The zero-order chi connectivity index (χ0) is 38.5. The predicted molar refractivity (Wildman–Crippen MR) is 204 cm³/mol. The standard InChI is InChI=1S/C45H64N2O9/c1-41-21-19-32-43-25-53-34(48)23-33(43)55-42(2,27-13-7-5-8-14-27)36(43)35(49)37(50)44(32,28-15-9-6-10-16-28)45(41)39(56-45)40(51)54-38(41)30-20-22-52-31(30)18-12-4-3-11-17-29-24-46-26-47-29/h20,22,27-29,32-33,36-39,46-47,50H,3-19,21,23-26H2,1-2H3. The highest BCUT2D eigenvalue weighted by Crippen LogP contribution is 2.83. The minimum Gasteiger partial charge on any atom is -0.469 e. The number of furan rings is 1. The minimum absolute atomic E-state index is 0.0504. The number of epoxide rings is 1. The molecule has 308 valence electrons. The Hall–Kier alpha value is -2.31. The number of ketones is 1. The van der Waals surface area contributed by atoms with Crippen molar-refractivity contribution in [3.63, 3.8) is 0 Å². The Balaban J connectivity index is 1.03. The molecule has 56 heavy (non-hydrogen) atoms. The number of hydrogen-bond donors (Lipinski definition) is 3. The number of cyclic esters (lactones) is 2. The Labute approximate surface area is 331 Å². The third kappa shape index (κ3) is 5.08. The summed E-state index contributed by atoms with van der Waals surface area (Å²) in [5, 5.41) is 20.2. The Kier molecular flexibility index (Phi) is 9.40. The van der Waals surface area contributed by atoms with Crippen molar-refractivity contribution in [1.29, 1.82) is 0 Å². The van der Waals surface area contributed by atoms with Gasteiger partial charge in [-0.25, -0.2) is 4.79 Å². The number of aryl methyl sites for hydroxylation is 1. The number of nitrogens with one attached hydrogen (secondary N) is 2. The number of carbonyl (C=O) groups excluding carboxylic acids is 3. The van der Waals surface area contributed by atoms with Gasteiger partial charge in [0.15, 0.2) is 11.9 Å². The molecule has 0 radical (unpaired) electrons. The number of fused-ring (bicyclic) bond motifs is 1. The van der Waals surface area contributed by atoms with E-state index in [0.717, 1.165) is 108 Å². The van der Waals surface area contributed by atoms with Gasteiger partial charge in [-0.2, -0.15) is 0 Å². The molecule has 12 unspecified atom stereocenters. The van der Waals surface area contributed by atoms with Crippen molar-refractivity contribution in [2.75, 3.05) is 19.8 Å². The number of ether oxygens (including phenoxy) is 4. The van der Waals surface area contributed by atoms with E-state index in [1.54, 1.807) is 6.26 Å². The highest BCUT2D eigenvalue weighted by molar-refractivity contribution is 5.92. The summed E-state index contributed by atoms with van der Waals surface area (Å²) >= 11 is 0. The maximum absolute atomic E-state index is 15.7. The van der Waals surface area contributed by atoms with Crippen molar-refractivity contribution in [2.24, 2.45) is 39.9 Å². The van der Waals surface area contributed by atoms with Gasteiger partial charge >= 0.3 is 11.9 Å². The number of Topliss-reactive ketones (excluding diaryl/α,β-unsaturated/α-hetero) is 1. The summed E-state index contributed by atoms with van der Waals surface area (Å²) in [6.07, 6.45) is 16.2. The largest absolute Gasteiger partial charge is 0.469 e. The smallest absolute Gasteiger partial charge is 0.339 e. The van der Waals surface area contributed by atoms with E-state index in [4.69, 9.17) is 23.4 Å². The summed E-state index contributed by atoms with van der Waals surface area (Å²) < 4.78 is 33.0. The molecule has 4 aliphatic carbocycles. The van der Waals surface area contributed by atoms with Crippen LogP contribution in [0.1, 0.15) is 147 Å². The Bertz CT molecular complexity index is 1700. The van der Waals surface area contributed by atoms with Gasteiger partial charge in [0.1, 0.15) is 30.2 Å². The average Bonchev–Trinajstić information content (AvgIpc) is 3.46. The third-order valence-electron chi connectivity index (χ3n) is 17.6. The summed E-state index contributed by atoms with van der Waals surface area (Å²) in [6, 6.07) is 2.53. The molecule has 3 N–H and O–H groups in total. The van der Waals surface area contributed by atoms with Gasteiger partial charge in [-0.3, -0.25) is 9.59 Å². The molecule has 9 fully saturated rings. The molecular formula is C45H64N2O9. The summed E-state index contributed by atoms with van der Waals surface area (Å²) in [6.45, 7) is 6.35. The maximum atomic E-state index is 15.7. The third-order valence-corrected chi connectivity index (χ3v) is 17.6. The van der Waals surface area contributed by atoms with Crippen LogP contribution in [0.25, 0.3) is 0 Å². The molecule has 6 heterocycles. The fraction of sp³-hybridized carbons (Fsp3) is 0.844. The molecule has 1 aromatic heterocycles. The van der Waals surface area contributed by atoms with Gasteiger partial charge in [0.05, 0.1) is 30.3 Å². The van der Waals surface area contributed by atoms with Crippen LogP contribution >= 0.6 is 0 Å². The minimum atomic E-state index is -1.34. The SMILES string of the molecule is CC1(C2CCCCC2)OC2CC(=O)OCC23C1C(=O)C(O)C1(C2CCCCC2)C3CCC2(C)C(c3ccoc3CCCCCCC3CNCN3)OC(=O)C3OC321. The lowest BCUT2D eigenvalue weighted by molar-refractivity contribution is -0.275. The lowest BCUT2D eigenvalue weighted by atomic mass is 9.32. The monoisotopic (exact) mass is 776 g/mol. The van der Waals surface area contributed by atoms with Crippen molar-refractivity contribution >= 4 is 17.7 Å². The van der Waals surface area contributed by atoms with Crippen LogP contribution in [-0.2, 0) is 39.8 Å². The second kappa shape index (κ2) is 13.9. The molecule has 12 atom stereocenters. The molecule has 11 nitrogen and oxygen atoms in total. The van der Waals surface area contributed by atoms with E-state index in [1.807, 2.05) is 6.07 Å². The number of unbranched alkanes of at least 4 members (excludes halogenated alkanes) is 3. The van der Waals surface area contributed by atoms with Crippen LogP contribution in [0.4, 0.5) is 0 Å². The molecule has 1 aromatic rings. The highest BCUT2D eigenvalue weighted by atomic mass is 16.7. The second-order valence-electron chi connectivity index (χ2n) is 20.0. The van der Waals surface area contributed by atoms with Crippen molar-refractivity contribution in [3.8, 4) is 0 Å². The highest BCUT2D eigenvalue weighted by Gasteiger charge is 2.93. The summed E-state index contributed by atoms with van der Waals surface area (Å²) in [5.41, 5.74) is -3.69. The normalized spacial score (nSPS) is 46.3. The van der Waals surface area contributed by atoms with Gasteiger partial charge in [-0.05, 0) is 82.1 Å². The van der Waals surface area contributed by atoms with Crippen molar-refractivity contribution < 1.29 is 42.9 Å². The van der Waals surface area contributed by atoms with E-state index in [-0.39, 0.29) is 42.5 Å². The van der Waals surface area contributed by atoms with E-state index in [0.29, 0.717) is 18.9 Å². The topological polar surface area (TPSA) is 149 Å². The molecule has 0 bridgehead atoms.